The van der Waals surface area contributed by atoms with E-state index in [1.165, 1.54) is 0 Å². The fraction of sp³-hybridized carbons (Fsp3) is 0.484. The predicted molar refractivity (Wildman–Crippen MR) is 156 cm³/mol. The van der Waals surface area contributed by atoms with E-state index >= 15 is 0 Å². The Morgan fingerprint density at radius 2 is 2.07 bits per heavy atom. The van der Waals surface area contributed by atoms with Crippen LogP contribution in [0.4, 0.5) is 20.2 Å². The number of para-hydroxylation sites is 1. The number of aliphatic hydroxyl groups excluding tert-OH is 1. The van der Waals surface area contributed by atoms with Crippen LogP contribution >= 0.6 is 0 Å². The number of carbonyl (C=O) groups excluding carboxylic acids is 1. The number of methoxy groups -OCH3 is 1. The van der Waals surface area contributed by atoms with Crippen molar-refractivity contribution in [1.29, 1.82) is 0 Å². The second kappa shape index (κ2) is 10.7. The zero-order valence-electron chi connectivity index (χ0n) is 23.6. The van der Waals surface area contributed by atoms with E-state index in [1.807, 2.05) is 0 Å². The molecule has 3 aliphatic rings. The topological polar surface area (TPSA) is 96.3 Å². The van der Waals surface area contributed by atoms with Crippen LogP contribution in [0.2, 0.25) is 0 Å². The summed E-state index contributed by atoms with van der Waals surface area (Å²) in [7, 11) is 1.56. The number of amides is 1. The number of likely N-dealkylation sites (tertiary alicyclic amines) is 1. The molecule has 0 bridgehead atoms. The number of alkyl halides is 2. The molecule has 41 heavy (non-hydrogen) atoms. The number of carbonyl (C=O) groups is 1. The average molecular weight is 566 g/mol. The van der Waals surface area contributed by atoms with Crippen LogP contribution in [-0.4, -0.2) is 78.1 Å². The molecule has 1 unspecified atom stereocenters. The summed E-state index contributed by atoms with van der Waals surface area (Å²) in [5.74, 6) is -2.83. The lowest BCUT2D eigenvalue weighted by Crippen LogP contribution is -2.54. The molecular weight excluding hydrogens is 528 g/mol. The van der Waals surface area contributed by atoms with Crippen molar-refractivity contribution in [2.45, 2.75) is 51.1 Å². The maximum Gasteiger partial charge on any atom is 0.266 e. The minimum atomic E-state index is -3.02. The molecule has 0 aliphatic carbocycles. The first-order valence-electron chi connectivity index (χ1n) is 14.4. The summed E-state index contributed by atoms with van der Waals surface area (Å²) in [6, 6.07) is 11.1. The molecule has 2 atom stereocenters. The number of fused-ring (bicyclic) bond motifs is 1. The highest BCUT2D eigenvalue weighted by molar-refractivity contribution is 6.08. The molecule has 3 aliphatic heterocycles. The van der Waals surface area contributed by atoms with Gasteiger partial charge in [0.15, 0.2) is 0 Å². The minimum Gasteiger partial charge on any atom is -0.496 e. The Kier molecular flexibility index (Phi) is 7.23. The molecule has 3 N–H and O–H groups in total. The van der Waals surface area contributed by atoms with Crippen molar-refractivity contribution in [3.05, 3.63) is 53.2 Å². The lowest BCUT2D eigenvalue weighted by molar-refractivity contribution is -0.0621. The number of aliphatic imine (C=N–C) groups is 1. The summed E-state index contributed by atoms with van der Waals surface area (Å²) in [6.45, 7) is 4.19. The number of piperidine rings is 1. The van der Waals surface area contributed by atoms with Crippen molar-refractivity contribution in [2.75, 3.05) is 44.8 Å². The number of hydrogen-bond acceptors (Lipinski definition) is 6. The molecule has 1 saturated heterocycles. The van der Waals surface area contributed by atoms with Crippen molar-refractivity contribution >= 4 is 33.9 Å². The molecule has 2 aromatic carbocycles. The summed E-state index contributed by atoms with van der Waals surface area (Å²) in [4.78, 5) is 22.1. The third-order valence-corrected chi connectivity index (χ3v) is 8.59. The van der Waals surface area contributed by atoms with Crippen molar-refractivity contribution in [3.63, 3.8) is 0 Å². The number of benzene rings is 2. The number of nitrogens with zero attached hydrogens (tertiary/aromatic N) is 4. The first-order chi connectivity index (χ1) is 19.7. The molecule has 1 fully saturated rings. The van der Waals surface area contributed by atoms with Gasteiger partial charge in [-0.3, -0.25) is 9.79 Å². The van der Waals surface area contributed by atoms with Gasteiger partial charge in [0.05, 0.1) is 42.0 Å². The molecule has 4 heterocycles. The maximum atomic E-state index is 14.3. The van der Waals surface area contributed by atoms with E-state index < -0.39 is 30.8 Å². The molecule has 1 aromatic heterocycles. The van der Waals surface area contributed by atoms with Crippen molar-refractivity contribution in [3.8, 4) is 5.75 Å². The molecule has 3 aromatic rings. The minimum absolute atomic E-state index is 0.0805. The fourth-order valence-corrected chi connectivity index (χ4v) is 6.65. The summed E-state index contributed by atoms with van der Waals surface area (Å²) >= 11 is 0. The van der Waals surface area contributed by atoms with Gasteiger partial charge >= 0.3 is 0 Å². The molecule has 8 nitrogen and oxygen atoms in total. The highest BCUT2D eigenvalue weighted by Gasteiger charge is 2.41. The Bertz CT molecular complexity index is 1520. The molecule has 218 valence electrons. The van der Waals surface area contributed by atoms with E-state index in [4.69, 9.17) is 15.5 Å². The Labute approximate surface area is 238 Å². The molecular formula is C31H37F2N5O3. The van der Waals surface area contributed by atoms with E-state index in [1.54, 1.807) is 19.2 Å². The highest BCUT2D eigenvalue weighted by Crippen LogP contribution is 2.40. The number of aliphatic hydroxyl groups is 1. The third-order valence-electron chi connectivity index (χ3n) is 8.59. The Hall–Kier alpha value is -3.50. The van der Waals surface area contributed by atoms with Crippen LogP contribution in [0, 0.1) is 5.92 Å². The van der Waals surface area contributed by atoms with Gasteiger partial charge in [0.1, 0.15) is 5.75 Å². The van der Waals surface area contributed by atoms with Crippen LogP contribution in [0.3, 0.4) is 0 Å². The Morgan fingerprint density at radius 1 is 1.24 bits per heavy atom. The number of ether oxygens (including phenoxy) is 1. The number of nitrogens with two attached hydrogens (primary N) is 1. The smallest absolute Gasteiger partial charge is 0.266 e. The first-order valence-corrected chi connectivity index (χ1v) is 14.4. The first kappa shape index (κ1) is 27.7. The summed E-state index contributed by atoms with van der Waals surface area (Å²) in [5, 5.41) is 10.5. The Balaban J connectivity index is 1.43. The van der Waals surface area contributed by atoms with Gasteiger partial charge in [0.2, 0.25) is 0 Å². The molecule has 0 spiro atoms. The molecule has 0 radical (unpaired) electrons. The van der Waals surface area contributed by atoms with Crippen LogP contribution in [0.25, 0.3) is 10.9 Å². The summed E-state index contributed by atoms with van der Waals surface area (Å²) in [5.41, 5.74) is 12.0. The monoisotopic (exact) mass is 565 g/mol. The van der Waals surface area contributed by atoms with Crippen LogP contribution in [0.5, 0.6) is 5.75 Å². The molecule has 10 heteroatoms. The number of aromatic nitrogens is 1. The SMILES string of the molecule is COc1cc(C(=O)N2C[C@H](N)CC(F)(F)C2)cc2c1CCC(C)C(c1cc3cccc4c3n1CCN4CCCO)=N2. The van der Waals surface area contributed by atoms with Gasteiger partial charge in [-0.25, -0.2) is 8.78 Å². The number of hydrogen-bond donors (Lipinski definition) is 2. The zero-order valence-corrected chi connectivity index (χ0v) is 23.6. The van der Waals surface area contributed by atoms with E-state index in [9.17, 15) is 18.7 Å². The van der Waals surface area contributed by atoms with Crippen molar-refractivity contribution in [1.82, 2.24) is 9.47 Å². The normalized spacial score (nSPS) is 21.9. The second-order valence-corrected chi connectivity index (χ2v) is 11.6. The third kappa shape index (κ3) is 5.08. The lowest BCUT2D eigenvalue weighted by Gasteiger charge is -2.36. The summed E-state index contributed by atoms with van der Waals surface area (Å²) < 4.78 is 36.6. The van der Waals surface area contributed by atoms with Crippen LogP contribution in [0.1, 0.15) is 47.8 Å². The Morgan fingerprint density at radius 3 is 2.83 bits per heavy atom. The van der Waals surface area contributed by atoms with Crippen molar-refractivity contribution in [2.24, 2.45) is 16.6 Å². The number of halogens is 2. The van der Waals surface area contributed by atoms with Gasteiger partial charge in [-0.2, -0.15) is 0 Å². The quantitative estimate of drug-likeness (QED) is 0.463. The van der Waals surface area contributed by atoms with Crippen LogP contribution < -0.4 is 15.4 Å². The van der Waals surface area contributed by atoms with Gasteiger partial charge in [-0.1, -0.05) is 19.1 Å². The van der Waals surface area contributed by atoms with Gasteiger partial charge < -0.3 is 29.9 Å². The van der Waals surface area contributed by atoms with Crippen LogP contribution in [-0.2, 0) is 13.0 Å². The van der Waals surface area contributed by atoms with E-state index in [0.717, 1.165) is 64.5 Å². The van der Waals surface area contributed by atoms with Crippen LogP contribution in [0.15, 0.2) is 41.4 Å². The standard InChI is InChI=1S/C31H37F2N5O3/c1-19-7-8-23-24(13-21(15-27(23)41-2)30(40)37-17-22(34)16-31(32,33)18-37)35-28(19)26-14-20-5-3-6-25-29(20)38(26)11-10-36(25)9-4-12-39/h3,5-6,13-15,19,22,39H,4,7-12,16-18,34H2,1-2H3/t19?,22-/m1/s1. The van der Waals surface area contributed by atoms with Gasteiger partial charge in [-0.15, -0.1) is 0 Å². The second-order valence-electron chi connectivity index (χ2n) is 11.6. The largest absolute Gasteiger partial charge is 0.496 e. The highest BCUT2D eigenvalue weighted by atomic mass is 19.3. The number of rotatable bonds is 6. The lowest BCUT2D eigenvalue weighted by atomic mass is 9.95. The maximum absolute atomic E-state index is 14.3. The van der Waals surface area contributed by atoms with E-state index in [2.05, 4.69) is 40.7 Å². The molecule has 1 amide bonds. The average Bonchev–Trinajstić information content (AvgIpc) is 3.23. The van der Waals surface area contributed by atoms with Gasteiger partial charge in [0, 0.05) is 67.7 Å². The predicted octanol–water partition coefficient (Wildman–Crippen LogP) is 4.36. The fourth-order valence-electron chi connectivity index (χ4n) is 6.65. The summed E-state index contributed by atoms with van der Waals surface area (Å²) in [6.07, 6.45) is 1.85. The van der Waals surface area contributed by atoms with E-state index in [-0.39, 0.29) is 24.6 Å². The van der Waals surface area contributed by atoms with Crippen molar-refractivity contribution < 1.29 is 23.4 Å². The number of anilines is 1. The molecule has 6 rings (SSSR count). The van der Waals surface area contributed by atoms with Gasteiger partial charge in [-0.05, 0) is 43.5 Å². The zero-order chi connectivity index (χ0) is 28.9. The van der Waals surface area contributed by atoms with E-state index in [0.29, 0.717) is 24.3 Å². The molecule has 0 saturated carbocycles. The van der Waals surface area contributed by atoms with Gasteiger partial charge in [0.25, 0.3) is 11.8 Å².